The molecule has 3 N–H and O–H groups in total. The maximum Gasteiger partial charge on any atom is 0.261 e. The largest absolute Gasteiger partial charge is 0.440 e. The Kier molecular flexibility index (Phi) is 2.92. The zero-order chi connectivity index (χ0) is 13.2. The number of amidine groups is 1. The first-order valence-electron chi connectivity index (χ1n) is 5.55. The molecule has 5 nitrogen and oxygen atoms in total. The van der Waals surface area contributed by atoms with E-state index in [9.17, 15) is 0 Å². The minimum absolute atomic E-state index is 0.0210. The predicted molar refractivity (Wildman–Crippen MR) is 73.4 cm³/mol. The number of oxazole rings is 1. The maximum absolute atomic E-state index is 7.65. The minimum Gasteiger partial charge on any atom is -0.440 e. The number of para-hydroxylation sites is 1. The molecule has 2 aromatic heterocycles. The molecular weight excluding hydrogens is 260 g/mol. The fourth-order valence-electron chi connectivity index (χ4n) is 1.71. The van der Waals surface area contributed by atoms with Gasteiger partial charge >= 0.3 is 0 Å². The van der Waals surface area contributed by atoms with Crippen molar-refractivity contribution < 1.29 is 4.42 Å². The van der Waals surface area contributed by atoms with E-state index in [2.05, 4.69) is 9.97 Å². The van der Waals surface area contributed by atoms with Crippen LogP contribution in [0.4, 0.5) is 0 Å². The highest BCUT2D eigenvalue weighted by Crippen LogP contribution is 2.29. The summed E-state index contributed by atoms with van der Waals surface area (Å²) in [5, 5.41) is 9.70. The van der Waals surface area contributed by atoms with Gasteiger partial charge in [-0.1, -0.05) is 18.2 Å². The highest BCUT2D eigenvalue weighted by molar-refractivity contribution is 7.99. The van der Waals surface area contributed by atoms with Gasteiger partial charge in [-0.2, -0.15) is 0 Å². The van der Waals surface area contributed by atoms with E-state index in [1.807, 2.05) is 30.3 Å². The third-order valence-corrected chi connectivity index (χ3v) is 3.45. The van der Waals surface area contributed by atoms with Crippen molar-refractivity contribution in [2.75, 3.05) is 0 Å². The van der Waals surface area contributed by atoms with Crippen molar-refractivity contribution >= 4 is 28.5 Å². The Bertz CT molecular complexity index is 739. The summed E-state index contributed by atoms with van der Waals surface area (Å²) in [5.74, 6) is -0.0210. The number of nitrogen functional groups attached to an aromatic ring is 1. The van der Waals surface area contributed by atoms with Crippen LogP contribution in [0.2, 0.25) is 0 Å². The van der Waals surface area contributed by atoms with Crippen molar-refractivity contribution in [1.82, 2.24) is 9.97 Å². The number of nitrogens with zero attached hydrogens (tertiary/aromatic N) is 2. The van der Waals surface area contributed by atoms with Crippen molar-refractivity contribution in [3.05, 3.63) is 48.4 Å². The number of fused-ring (bicyclic) bond motifs is 1. The van der Waals surface area contributed by atoms with Gasteiger partial charge in [-0.25, -0.2) is 9.97 Å². The zero-order valence-corrected chi connectivity index (χ0v) is 10.6. The standard InChI is InChI=1S/C13H10N4OS/c14-11(15)9-7-8-3-1-2-4-10(8)17-12(9)19-13-16-5-6-18-13/h1-7H,(H3,14,15). The average Bonchev–Trinajstić information content (AvgIpc) is 2.90. The Hall–Kier alpha value is -2.34. The quantitative estimate of drug-likeness (QED) is 0.564. The van der Waals surface area contributed by atoms with Gasteiger partial charge in [0.15, 0.2) is 0 Å². The Morgan fingerprint density at radius 2 is 2.16 bits per heavy atom. The van der Waals surface area contributed by atoms with E-state index < -0.39 is 0 Å². The van der Waals surface area contributed by atoms with Gasteiger partial charge in [0.05, 0.1) is 11.7 Å². The smallest absolute Gasteiger partial charge is 0.261 e. The number of hydrogen-bond acceptors (Lipinski definition) is 5. The van der Waals surface area contributed by atoms with Crippen molar-refractivity contribution in [1.29, 1.82) is 5.41 Å². The van der Waals surface area contributed by atoms with E-state index in [1.54, 1.807) is 6.20 Å². The Balaban J connectivity index is 2.15. The van der Waals surface area contributed by atoms with Gasteiger partial charge in [-0.05, 0) is 23.9 Å². The van der Waals surface area contributed by atoms with Gasteiger partial charge in [0.25, 0.3) is 5.22 Å². The molecule has 0 aliphatic rings. The molecule has 0 atom stereocenters. The molecule has 6 heteroatoms. The highest BCUT2D eigenvalue weighted by Gasteiger charge is 2.13. The summed E-state index contributed by atoms with van der Waals surface area (Å²) in [7, 11) is 0. The minimum atomic E-state index is -0.0210. The van der Waals surface area contributed by atoms with Crippen molar-refractivity contribution in [2.45, 2.75) is 10.2 Å². The third kappa shape index (κ3) is 2.30. The number of pyridine rings is 1. The molecule has 0 aliphatic carbocycles. The molecule has 0 unspecified atom stereocenters. The number of rotatable bonds is 3. The van der Waals surface area contributed by atoms with Crippen LogP contribution in [-0.2, 0) is 0 Å². The molecule has 0 fully saturated rings. The van der Waals surface area contributed by atoms with Crippen LogP contribution in [0, 0.1) is 5.41 Å². The summed E-state index contributed by atoms with van der Waals surface area (Å²) >= 11 is 1.25. The Morgan fingerprint density at radius 3 is 2.89 bits per heavy atom. The average molecular weight is 270 g/mol. The lowest BCUT2D eigenvalue weighted by molar-refractivity contribution is 0.454. The van der Waals surface area contributed by atoms with Gasteiger partial charge in [0.1, 0.15) is 17.1 Å². The first-order chi connectivity index (χ1) is 9.24. The summed E-state index contributed by atoms with van der Waals surface area (Å²) in [6.45, 7) is 0. The van der Waals surface area contributed by atoms with Gasteiger partial charge in [0.2, 0.25) is 0 Å². The van der Waals surface area contributed by atoms with Gasteiger partial charge in [-0.3, -0.25) is 5.41 Å². The molecule has 0 radical (unpaired) electrons. The summed E-state index contributed by atoms with van der Waals surface area (Å²) in [6, 6.07) is 9.56. The van der Waals surface area contributed by atoms with E-state index in [-0.39, 0.29) is 5.84 Å². The molecule has 94 valence electrons. The summed E-state index contributed by atoms with van der Waals surface area (Å²) in [4.78, 5) is 8.55. The van der Waals surface area contributed by atoms with Crippen LogP contribution in [0.1, 0.15) is 5.56 Å². The fraction of sp³-hybridized carbons (Fsp3) is 0. The molecule has 0 saturated carbocycles. The molecule has 0 spiro atoms. The highest BCUT2D eigenvalue weighted by atomic mass is 32.2. The molecule has 0 bridgehead atoms. The van der Waals surface area contributed by atoms with Crippen molar-refractivity contribution in [2.24, 2.45) is 5.73 Å². The van der Waals surface area contributed by atoms with Crippen LogP contribution < -0.4 is 5.73 Å². The van der Waals surface area contributed by atoms with E-state index >= 15 is 0 Å². The molecule has 0 amide bonds. The fourth-order valence-corrected chi connectivity index (χ4v) is 2.52. The number of benzene rings is 1. The molecule has 19 heavy (non-hydrogen) atoms. The molecule has 0 saturated heterocycles. The normalized spacial score (nSPS) is 10.7. The first-order valence-corrected chi connectivity index (χ1v) is 6.37. The van der Waals surface area contributed by atoms with Crippen molar-refractivity contribution in [3.63, 3.8) is 0 Å². The van der Waals surface area contributed by atoms with Crippen LogP contribution in [0.25, 0.3) is 10.9 Å². The molecule has 3 aromatic rings. The lowest BCUT2D eigenvalue weighted by Gasteiger charge is -2.07. The number of aromatic nitrogens is 2. The van der Waals surface area contributed by atoms with E-state index in [1.165, 1.54) is 18.0 Å². The van der Waals surface area contributed by atoms with Gasteiger partial charge < -0.3 is 10.2 Å². The Morgan fingerprint density at radius 1 is 1.32 bits per heavy atom. The van der Waals surface area contributed by atoms with Crippen molar-refractivity contribution in [3.8, 4) is 0 Å². The predicted octanol–water partition coefficient (Wildman–Crippen LogP) is 2.66. The first kappa shape index (κ1) is 11.7. The lowest BCUT2D eigenvalue weighted by Crippen LogP contribution is -2.13. The lowest BCUT2D eigenvalue weighted by atomic mass is 10.1. The van der Waals surface area contributed by atoms with Gasteiger partial charge in [-0.15, -0.1) is 0 Å². The van der Waals surface area contributed by atoms with Crippen LogP contribution in [0.15, 0.2) is 57.5 Å². The second-order valence-electron chi connectivity index (χ2n) is 3.85. The number of hydrogen-bond donors (Lipinski definition) is 2. The molecule has 2 heterocycles. The second kappa shape index (κ2) is 4.74. The molecule has 1 aromatic carbocycles. The molecule has 0 aliphatic heterocycles. The monoisotopic (exact) mass is 270 g/mol. The summed E-state index contributed by atoms with van der Waals surface area (Å²) in [6.07, 6.45) is 3.06. The van der Waals surface area contributed by atoms with Crippen LogP contribution in [-0.4, -0.2) is 15.8 Å². The van der Waals surface area contributed by atoms with E-state index in [0.717, 1.165) is 10.9 Å². The second-order valence-corrected chi connectivity index (χ2v) is 4.79. The molecule has 3 rings (SSSR count). The SMILES string of the molecule is N=C(N)c1cc2ccccc2nc1Sc1ncco1. The van der Waals surface area contributed by atoms with E-state index in [0.29, 0.717) is 15.8 Å². The molecular formula is C13H10N4OS. The number of nitrogens with one attached hydrogen (secondary N) is 1. The Labute approximate surface area is 113 Å². The third-order valence-electron chi connectivity index (χ3n) is 2.57. The number of nitrogens with two attached hydrogens (primary N) is 1. The van der Waals surface area contributed by atoms with Crippen LogP contribution >= 0.6 is 11.8 Å². The topological polar surface area (TPSA) is 88.8 Å². The van der Waals surface area contributed by atoms with E-state index in [4.69, 9.17) is 15.6 Å². The maximum atomic E-state index is 7.65. The summed E-state index contributed by atoms with van der Waals surface area (Å²) < 4.78 is 5.18. The van der Waals surface area contributed by atoms with Crippen LogP contribution in [0.3, 0.4) is 0 Å². The summed E-state index contributed by atoms with van der Waals surface area (Å²) in [5.41, 5.74) is 7.05. The zero-order valence-electron chi connectivity index (χ0n) is 9.83. The van der Waals surface area contributed by atoms with Crippen LogP contribution in [0.5, 0.6) is 0 Å². The van der Waals surface area contributed by atoms with Gasteiger partial charge in [0, 0.05) is 10.9 Å².